The van der Waals surface area contributed by atoms with E-state index in [1.165, 1.54) is 18.2 Å². The Morgan fingerprint density at radius 2 is 2.20 bits per heavy atom. The van der Waals surface area contributed by atoms with Gasteiger partial charge < -0.3 is 16.0 Å². The van der Waals surface area contributed by atoms with Gasteiger partial charge in [0.25, 0.3) is 5.91 Å². The lowest BCUT2D eigenvalue weighted by atomic mass is 10.1. The molecule has 1 amide bonds. The molecule has 1 atom stereocenters. The minimum absolute atomic E-state index is 0.00725. The van der Waals surface area contributed by atoms with Crippen molar-refractivity contribution in [2.24, 2.45) is 0 Å². The van der Waals surface area contributed by atoms with Crippen molar-refractivity contribution in [3.8, 4) is 0 Å². The molecule has 0 radical (unpaired) electrons. The number of piperazine rings is 1. The first-order valence-electron chi connectivity index (χ1n) is 6.69. The van der Waals surface area contributed by atoms with E-state index in [9.17, 15) is 9.18 Å². The van der Waals surface area contributed by atoms with Crippen molar-refractivity contribution in [2.45, 2.75) is 6.04 Å². The van der Waals surface area contributed by atoms with Crippen LogP contribution in [0.15, 0.2) is 18.2 Å². The lowest BCUT2D eigenvalue weighted by molar-refractivity contribution is 0.0881. The molecule has 1 aliphatic rings. The Kier molecular flexibility index (Phi) is 4.57. The standard InChI is InChI=1S/C14H21FN4O/c1-18-5-6-19(2)11(9-18)8-17-14(20)10-3-4-12(15)13(16)7-10/h3-4,7,11H,5-6,8-9,16H2,1-2H3,(H,17,20). The minimum atomic E-state index is -0.504. The van der Waals surface area contributed by atoms with E-state index in [1.54, 1.807) is 0 Å². The molecular formula is C14H21FN4O. The molecule has 1 unspecified atom stereocenters. The summed E-state index contributed by atoms with van der Waals surface area (Å²) < 4.78 is 13.1. The maximum Gasteiger partial charge on any atom is 0.251 e. The van der Waals surface area contributed by atoms with E-state index in [4.69, 9.17) is 5.73 Å². The van der Waals surface area contributed by atoms with E-state index in [0.717, 1.165) is 19.6 Å². The first-order valence-corrected chi connectivity index (χ1v) is 6.69. The number of benzene rings is 1. The van der Waals surface area contributed by atoms with E-state index < -0.39 is 5.82 Å². The predicted molar refractivity (Wildman–Crippen MR) is 77.1 cm³/mol. The number of nitrogens with zero attached hydrogens (tertiary/aromatic N) is 2. The van der Waals surface area contributed by atoms with Gasteiger partial charge >= 0.3 is 0 Å². The van der Waals surface area contributed by atoms with Crippen LogP contribution < -0.4 is 11.1 Å². The van der Waals surface area contributed by atoms with Crippen LogP contribution in [0.25, 0.3) is 0 Å². The highest BCUT2D eigenvalue weighted by molar-refractivity contribution is 5.95. The summed E-state index contributed by atoms with van der Waals surface area (Å²) in [7, 11) is 4.13. The van der Waals surface area contributed by atoms with E-state index in [2.05, 4.69) is 29.2 Å². The number of hydrogen-bond donors (Lipinski definition) is 2. The van der Waals surface area contributed by atoms with E-state index in [0.29, 0.717) is 12.1 Å². The summed E-state index contributed by atoms with van der Waals surface area (Å²) in [6.45, 7) is 3.51. The molecule has 1 heterocycles. The zero-order valence-electron chi connectivity index (χ0n) is 11.9. The van der Waals surface area contributed by atoms with Crippen LogP contribution in [0.1, 0.15) is 10.4 Å². The molecule has 1 aromatic rings. The molecule has 0 spiro atoms. The number of carbonyl (C=O) groups excluding carboxylic acids is 1. The van der Waals surface area contributed by atoms with Crippen LogP contribution in [0.2, 0.25) is 0 Å². The average Bonchev–Trinajstić information content (AvgIpc) is 2.42. The van der Waals surface area contributed by atoms with Crippen LogP contribution in [-0.4, -0.2) is 62.0 Å². The number of likely N-dealkylation sites (N-methyl/N-ethyl adjacent to an activating group) is 2. The van der Waals surface area contributed by atoms with Gasteiger partial charge in [0.2, 0.25) is 0 Å². The van der Waals surface area contributed by atoms with Crippen LogP contribution in [0.3, 0.4) is 0 Å². The van der Waals surface area contributed by atoms with Crippen molar-refractivity contribution in [3.05, 3.63) is 29.6 Å². The van der Waals surface area contributed by atoms with Crippen LogP contribution in [-0.2, 0) is 0 Å². The van der Waals surface area contributed by atoms with Gasteiger partial charge in [0, 0.05) is 37.8 Å². The molecule has 1 aromatic carbocycles. The highest BCUT2D eigenvalue weighted by Gasteiger charge is 2.22. The third kappa shape index (κ3) is 3.46. The normalized spacial score (nSPS) is 20.9. The monoisotopic (exact) mass is 280 g/mol. The van der Waals surface area contributed by atoms with Crippen molar-refractivity contribution in [3.63, 3.8) is 0 Å². The third-order valence-corrected chi connectivity index (χ3v) is 3.74. The molecule has 5 nitrogen and oxygen atoms in total. The third-order valence-electron chi connectivity index (χ3n) is 3.74. The number of nitrogen functional groups attached to an aromatic ring is 1. The molecule has 0 saturated carbocycles. The Morgan fingerprint density at radius 3 is 2.90 bits per heavy atom. The number of halogens is 1. The maximum atomic E-state index is 13.1. The van der Waals surface area contributed by atoms with Crippen molar-refractivity contribution in [1.82, 2.24) is 15.1 Å². The highest BCUT2D eigenvalue weighted by atomic mass is 19.1. The van der Waals surface area contributed by atoms with Gasteiger partial charge in [-0.3, -0.25) is 9.69 Å². The molecule has 6 heteroatoms. The molecule has 1 saturated heterocycles. The zero-order valence-corrected chi connectivity index (χ0v) is 11.9. The lowest BCUT2D eigenvalue weighted by Gasteiger charge is -2.37. The van der Waals surface area contributed by atoms with Gasteiger partial charge in [0.05, 0.1) is 5.69 Å². The van der Waals surface area contributed by atoms with Crippen molar-refractivity contribution in [2.75, 3.05) is 46.0 Å². The average molecular weight is 280 g/mol. The van der Waals surface area contributed by atoms with Gasteiger partial charge in [-0.1, -0.05) is 0 Å². The second kappa shape index (κ2) is 6.19. The summed E-state index contributed by atoms with van der Waals surface area (Å²) in [5, 5.41) is 2.88. The molecular weight excluding hydrogens is 259 g/mol. The van der Waals surface area contributed by atoms with Crippen LogP contribution >= 0.6 is 0 Å². The summed E-state index contributed by atoms with van der Waals surface area (Å²) in [6, 6.07) is 4.31. The fourth-order valence-corrected chi connectivity index (χ4v) is 2.32. The van der Waals surface area contributed by atoms with E-state index >= 15 is 0 Å². The summed E-state index contributed by atoms with van der Waals surface area (Å²) >= 11 is 0. The molecule has 20 heavy (non-hydrogen) atoms. The summed E-state index contributed by atoms with van der Waals surface area (Å²) in [6.07, 6.45) is 0. The predicted octanol–water partition coefficient (Wildman–Crippen LogP) is 0.384. The Labute approximate surface area is 118 Å². The molecule has 2 rings (SSSR count). The number of rotatable bonds is 3. The largest absolute Gasteiger partial charge is 0.396 e. The second-order valence-electron chi connectivity index (χ2n) is 5.34. The van der Waals surface area contributed by atoms with Crippen molar-refractivity contribution >= 4 is 11.6 Å². The van der Waals surface area contributed by atoms with E-state index in [1.807, 2.05) is 0 Å². The minimum Gasteiger partial charge on any atom is -0.396 e. The highest BCUT2D eigenvalue weighted by Crippen LogP contribution is 2.12. The Balaban J connectivity index is 1.92. The summed E-state index contributed by atoms with van der Waals surface area (Å²) in [5.41, 5.74) is 5.85. The number of nitrogens with one attached hydrogen (secondary N) is 1. The van der Waals surface area contributed by atoms with Gasteiger partial charge in [-0.05, 0) is 32.3 Å². The van der Waals surface area contributed by atoms with E-state index in [-0.39, 0.29) is 17.6 Å². The van der Waals surface area contributed by atoms with Gasteiger partial charge in [-0.25, -0.2) is 4.39 Å². The van der Waals surface area contributed by atoms with Gasteiger partial charge in [0.15, 0.2) is 0 Å². The van der Waals surface area contributed by atoms with Crippen molar-refractivity contribution in [1.29, 1.82) is 0 Å². The quantitative estimate of drug-likeness (QED) is 0.786. The number of amides is 1. The number of carbonyl (C=O) groups is 1. The topological polar surface area (TPSA) is 61.6 Å². The molecule has 3 N–H and O–H groups in total. The van der Waals surface area contributed by atoms with Crippen molar-refractivity contribution < 1.29 is 9.18 Å². The number of nitrogens with two attached hydrogens (primary N) is 1. The van der Waals surface area contributed by atoms with Crippen LogP contribution in [0, 0.1) is 5.82 Å². The Bertz CT molecular complexity index is 494. The number of anilines is 1. The fraction of sp³-hybridized carbons (Fsp3) is 0.500. The first-order chi connectivity index (χ1) is 9.47. The molecule has 1 aliphatic heterocycles. The van der Waals surface area contributed by atoms with Gasteiger partial charge in [-0.2, -0.15) is 0 Å². The fourth-order valence-electron chi connectivity index (χ4n) is 2.32. The first kappa shape index (κ1) is 14.7. The molecule has 0 aromatic heterocycles. The van der Waals surface area contributed by atoms with Crippen LogP contribution in [0.5, 0.6) is 0 Å². The molecule has 0 bridgehead atoms. The SMILES string of the molecule is CN1CCN(C)C(CNC(=O)c2ccc(F)c(N)c2)C1. The maximum absolute atomic E-state index is 13.1. The van der Waals surface area contributed by atoms with Gasteiger partial charge in [0.1, 0.15) is 5.82 Å². The molecule has 1 fully saturated rings. The molecule has 0 aliphatic carbocycles. The molecule has 110 valence electrons. The smallest absolute Gasteiger partial charge is 0.251 e. The Hall–Kier alpha value is -1.66. The number of hydrogen-bond acceptors (Lipinski definition) is 4. The summed E-state index contributed by atoms with van der Waals surface area (Å²) in [4.78, 5) is 16.5. The zero-order chi connectivity index (χ0) is 14.7. The summed E-state index contributed by atoms with van der Waals surface area (Å²) in [5.74, 6) is -0.728. The van der Waals surface area contributed by atoms with Crippen LogP contribution in [0.4, 0.5) is 10.1 Å². The van der Waals surface area contributed by atoms with Gasteiger partial charge in [-0.15, -0.1) is 0 Å². The Morgan fingerprint density at radius 1 is 1.45 bits per heavy atom. The second-order valence-corrected chi connectivity index (χ2v) is 5.34. The lowest BCUT2D eigenvalue weighted by Crippen LogP contribution is -2.54.